The van der Waals surface area contributed by atoms with Crippen LogP contribution in [0.4, 0.5) is 5.95 Å². The third-order valence-electron chi connectivity index (χ3n) is 3.02. The van der Waals surface area contributed by atoms with Gasteiger partial charge in [-0.2, -0.15) is 0 Å². The van der Waals surface area contributed by atoms with Crippen LogP contribution < -0.4 is 4.90 Å². The average Bonchev–Trinajstić information content (AvgIpc) is 2.71. The quantitative estimate of drug-likeness (QED) is 0.780. The minimum atomic E-state index is -0.235. The molecule has 1 aliphatic rings. The monoisotopic (exact) mass is 224 g/mol. The lowest BCUT2D eigenvalue weighted by Crippen LogP contribution is -2.38. The van der Waals surface area contributed by atoms with Gasteiger partial charge in [0.05, 0.1) is 6.10 Å². The van der Waals surface area contributed by atoms with E-state index in [1.54, 1.807) is 6.20 Å². The number of rotatable bonds is 3. The Morgan fingerprint density at radius 3 is 2.88 bits per heavy atom. The Labute approximate surface area is 96.3 Å². The standard InChI is InChI=1S/C11H20N4O/c1-13(2)7-9-6-10(16)8-15(9)11-12-4-5-14(11)3/h4-5,9-10,16H,6-8H2,1-3H3. The van der Waals surface area contributed by atoms with Crippen molar-refractivity contribution in [2.24, 2.45) is 7.05 Å². The van der Waals surface area contributed by atoms with Crippen LogP contribution in [0.25, 0.3) is 0 Å². The molecule has 0 aliphatic carbocycles. The molecule has 2 atom stereocenters. The fraction of sp³-hybridized carbons (Fsp3) is 0.727. The summed E-state index contributed by atoms with van der Waals surface area (Å²) in [6.07, 6.45) is 4.33. The highest BCUT2D eigenvalue weighted by Gasteiger charge is 2.33. The van der Waals surface area contributed by atoms with E-state index in [1.807, 2.05) is 17.8 Å². The Morgan fingerprint density at radius 1 is 1.56 bits per heavy atom. The van der Waals surface area contributed by atoms with Crippen molar-refractivity contribution in [1.82, 2.24) is 14.5 Å². The van der Waals surface area contributed by atoms with Crippen molar-refractivity contribution in [3.05, 3.63) is 12.4 Å². The highest BCUT2D eigenvalue weighted by Crippen LogP contribution is 2.24. The van der Waals surface area contributed by atoms with Crippen molar-refractivity contribution in [3.8, 4) is 0 Å². The van der Waals surface area contributed by atoms with E-state index in [0.717, 1.165) is 18.9 Å². The number of nitrogens with zero attached hydrogens (tertiary/aromatic N) is 4. The average molecular weight is 224 g/mol. The zero-order valence-corrected chi connectivity index (χ0v) is 10.2. The molecule has 5 heteroatoms. The van der Waals surface area contributed by atoms with Gasteiger partial charge in [0.25, 0.3) is 0 Å². The third-order valence-corrected chi connectivity index (χ3v) is 3.02. The fourth-order valence-corrected chi connectivity index (χ4v) is 2.37. The first-order chi connectivity index (χ1) is 7.58. The fourth-order valence-electron chi connectivity index (χ4n) is 2.37. The number of aliphatic hydroxyl groups excluding tert-OH is 1. The predicted molar refractivity (Wildman–Crippen MR) is 63.5 cm³/mol. The van der Waals surface area contributed by atoms with Crippen LogP contribution in [0.1, 0.15) is 6.42 Å². The molecule has 1 N–H and O–H groups in total. The first kappa shape index (κ1) is 11.4. The van der Waals surface area contributed by atoms with Gasteiger partial charge >= 0.3 is 0 Å². The van der Waals surface area contributed by atoms with Crippen LogP contribution in [-0.4, -0.2) is 58.9 Å². The molecule has 0 amide bonds. The summed E-state index contributed by atoms with van der Waals surface area (Å²) in [7, 11) is 6.10. The van der Waals surface area contributed by atoms with E-state index in [1.165, 1.54) is 0 Å². The summed E-state index contributed by atoms with van der Waals surface area (Å²) >= 11 is 0. The molecule has 1 aromatic rings. The van der Waals surface area contributed by atoms with Crippen LogP contribution >= 0.6 is 0 Å². The summed E-state index contributed by atoms with van der Waals surface area (Å²) in [5.41, 5.74) is 0. The highest BCUT2D eigenvalue weighted by atomic mass is 16.3. The molecule has 1 fully saturated rings. The Kier molecular flexibility index (Phi) is 3.16. The molecule has 2 unspecified atom stereocenters. The Balaban J connectivity index is 2.15. The number of imidazole rings is 1. The van der Waals surface area contributed by atoms with E-state index >= 15 is 0 Å². The van der Waals surface area contributed by atoms with Crippen LogP contribution in [-0.2, 0) is 7.05 Å². The molecule has 90 valence electrons. The van der Waals surface area contributed by atoms with Crippen LogP contribution in [0.5, 0.6) is 0 Å². The Bertz CT molecular complexity index is 350. The molecule has 2 rings (SSSR count). The van der Waals surface area contributed by atoms with Gasteiger partial charge in [-0.15, -0.1) is 0 Å². The zero-order chi connectivity index (χ0) is 11.7. The number of hydrogen-bond donors (Lipinski definition) is 1. The van der Waals surface area contributed by atoms with Gasteiger partial charge in [0.2, 0.25) is 5.95 Å². The van der Waals surface area contributed by atoms with Gasteiger partial charge < -0.3 is 19.5 Å². The van der Waals surface area contributed by atoms with Gasteiger partial charge in [-0.1, -0.05) is 0 Å². The smallest absolute Gasteiger partial charge is 0.205 e. The second-order valence-electron chi connectivity index (χ2n) is 4.80. The minimum absolute atomic E-state index is 0.235. The van der Waals surface area contributed by atoms with Gasteiger partial charge in [0.15, 0.2) is 0 Å². The summed E-state index contributed by atoms with van der Waals surface area (Å²) in [5, 5.41) is 9.78. The maximum absolute atomic E-state index is 9.78. The zero-order valence-electron chi connectivity index (χ0n) is 10.2. The normalized spacial score (nSPS) is 25.7. The first-order valence-corrected chi connectivity index (χ1v) is 5.64. The van der Waals surface area contributed by atoms with Crippen molar-refractivity contribution < 1.29 is 5.11 Å². The van der Waals surface area contributed by atoms with Crippen LogP contribution in [0, 0.1) is 0 Å². The molecular weight excluding hydrogens is 204 g/mol. The van der Waals surface area contributed by atoms with Crippen molar-refractivity contribution in [3.63, 3.8) is 0 Å². The van der Waals surface area contributed by atoms with Gasteiger partial charge in [0.1, 0.15) is 0 Å². The topological polar surface area (TPSA) is 44.5 Å². The molecule has 0 saturated carbocycles. The molecule has 0 bridgehead atoms. The summed E-state index contributed by atoms with van der Waals surface area (Å²) < 4.78 is 2.00. The van der Waals surface area contributed by atoms with E-state index in [9.17, 15) is 5.11 Å². The lowest BCUT2D eigenvalue weighted by atomic mass is 10.2. The minimum Gasteiger partial charge on any atom is -0.391 e. The SMILES string of the molecule is CN(C)CC1CC(O)CN1c1nccn1C. The summed E-state index contributed by atoms with van der Waals surface area (Å²) in [6.45, 7) is 1.63. The summed E-state index contributed by atoms with van der Waals surface area (Å²) in [4.78, 5) is 8.70. The molecule has 16 heavy (non-hydrogen) atoms. The lowest BCUT2D eigenvalue weighted by molar-refractivity contribution is 0.191. The van der Waals surface area contributed by atoms with Crippen molar-refractivity contribution in [1.29, 1.82) is 0 Å². The second kappa shape index (κ2) is 4.43. The van der Waals surface area contributed by atoms with Gasteiger partial charge in [0, 0.05) is 38.6 Å². The van der Waals surface area contributed by atoms with E-state index in [2.05, 4.69) is 28.9 Å². The Morgan fingerprint density at radius 2 is 2.31 bits per heavy atom. The number of hydrogen-bond acceptors (Lipinski definition) is 4. The van der Waals surface area contributed by atoms with E-state index in [4.69, 9.17) is 0 Å². The first-order valence-electron chi connectivity index (χ1n) is 5.64. The molecule has 5 nitrogen and oxygen atoms in total. The summed E-state index contributed by atoms with van der Waals surface area (Å²) in [6, 6.07) is 0.353. The largest absolute Gasteiger partial charge is 0.391 e. The highest BCUT2D eigenvalue weighted by molar-refractivity contribution is 5.35. The number of aryl methyl sites for hydroxylation is 1. The molecule has 2 heterocycles. The van der Waals surface area contributed by atoms with E-state index in [0.29, 0.717) is 12.6 Å². The number of anilines is 1. The number of likely N-dealkylation sites (N-methyl/N-ethyl adjacent to an activating group) is 1. The van der Waals surface area contributed by atoms with Gasteiger partial charge in [-0.3, -0.25) is 0 Å². The van der Waals surface area contributed by atoms with Gasteiger partial charge in [-0.25, -0.2) is 4.98 Å². The summed E-state index contributed by atoms with van der Waals surface area (Å²) in [5.74, 6) is 0.948. The second-order valence-corrected chi connectivity index (χ2v) is 4.80. The number of aliphatic hydroxyl groups is 1. The van der Waals surface area contributed by atoms with Crippen molar-refractivity contribution >= 4 is 5.95 Å². The molecule has 0 radical (unpaired) electrons. The molecule has 1 aromatic heterocycles. The molecule has 1 aliphatic heterocycles. The maximum atomic E-state index is 9.78. The van der Waals surface area contributed by atoms with Gasteiger partial charge in [-0.05, 0) is 20.5 Å². The van der Waals surface area contributed by atoms with E-state index in [-0.39, 0.29) is 6.10 Å². The predicted octanol–water partition coefficient (Wildman–Crippen LogP) is -0.0787. The molecule has 1 saturated heterocycles. The molecule has 0 aromatic carbocycles. The van der Waals surface area contributed by atoms with Crippen molar-refractivity contribution in [2.75, 3.05) is 32.1 Å². The lowest BCUT2D eigenvalue weighted by Gasteiger charge is -2.27. The number of β-amino-alcohol motifs (C(OH)–C–C–N with tert-alkyl or cyclic N) is 1. The van der Waals surface area contributed by atoms with Crippen LogP contribution in [0.2, 0.25) is 0 Å². The number of aromatic nitrogens is 2. The van der Waals surface area contributed by atoms with Crippen molar-refractivity contribution in [2.45, 2.75) is 18.6 Å². The van der Waals surface area contributed by atoms with Crippen LogP contribution in [0.15, 0.2) is 12.4 Å². The van der Waals surface area contributed by atoms with Crippen LogP contribution in [0.3, 0.4) is 0 Å². The molecule has 0 spiro atoms. The third kappa shape index (κ3) is 2.20. The molecular formula is C11H20N4O. The van der Waals surface area contributed by atoms with E-state index < -0.39 is 0 Å². The Hall–Kier alpha value is -1.07. The maximum Gasteiger partial charge on any atom is 0.205 e.